The molecule has 7 nitrogen and oxygen atoms in total. The zero-order valence-corrected chi connectivity index (χ0v) is 18.0. The van der Waals surface area contributed by atoms with E-state index in [2.05, 4.69) is 34.2 Å². The summed E-state index contributed by atoms with van der Waals surface area (Å²) in [5, 5.41) is 7.44. The first kappa shape index (κ1) is 22.2. The lowest BCUT2D eigenvalue weighted by Crippen LogP contribution is -2.39. The first-order chi connectivity index (χ1) is 11.6. The average Bonchev–Trinajstić information content (AvgIpc) is 3.22. The quantitative estimate of drug-likeness (QED) is 0.275. The van der Waals surface area contributed by atoms with Crippen LogP contribution < -0.4 is 5.32 Å². The maximum Gasteiger partial charge on any atom is 0.194 e. The summed E-state index contributed by atoms with van der Waals surface area (Å²) in [6.07, 6.45) is 1.12. The number of nitrogens with one attached hydrogen (secondary N) is 1. The average molecular weight is 466 g/mol. The molecule has 1 aliphatic heterocycles. The Bertz CT molecular complexity index is 522. The third-order valence-corrected chi connectivity index (χ3v) is 4.17. The fraction of sp³-hybridized carbons (Fsp3) is 0.765. The van der Waals surface area contributed by atoms with E-state index in [1.54, 1.807) is 7.11 Å². The van der Waals surface area contributed by atoms with E-state index in [1.807, 2.05) is 13.1 Å². The van der Waals surface area contributed by atoms with Gasteiger partial charge in [0.25, 0.3) is 0 Å². The number of methoxy groups -OCH3 is 1. The van der Waals surface area contributed by atoms with E-state index in [4.69, 9.17) is 14.0 Å². The van der Waals surface area contributed by atoms with Crippen molar-refractivity contribution < 1.29 is 14.0 Å². The summed E-state index contributed by atoms with van der Waals surface area (Å²) in [4.78, 5) is 6.65. The van der Waals surface area contributed by atoms with Crippen molar-refractivity contribution in [3.63, 3.8) is 0 Å². The molecule has 0 spiro atoms. The third kappa shape index (κ3) is 7.10. The van der Waals surface area contributed by atoms with Crippen molar-refractivity contribution in [2.24, 2.45) is 10.9 Å². The lowest BCUT2D eigenvalue weighted by Gasteiger charge is -2.21. The summed E-state index contributed by atoms with van der Waals surface area (Å²) in [6.45, 7) is 8.83. The van der Waals surface area contributed by atoms with Crippen molar-refractivity contribution >= 4 is 29.9 Å². The number of likely N-dealkylation sites (tertiary alicyclic amines) is 1. The summed E-state index contributed by atoms with van der Waals surface area (Å²) in [5.74, 6) is 2.65. The van der Waals surface area contributed by atoms with Crippen molar-refractivity contribution in [2.75, 3.05) is 47.1 Å². The predicted molar refractivity (Wildman–Crippen MR) is 109 cm³/mol. The molecular formula is C17H31IN4O3. The zero-order valence-electron chi connectivity index (χ0n) is 15.7. The largest absolute Gasteiger partial charge is 0.382 e. The molecule has 0 bridgehead atoms. The van der Waals surface area contributed by atoms with Gasteiger partial charge in [-0.2, -0.15) is 0 Å². The normalized spacial score (nSPS) is 17.9. The van der Waals surface area contributed by atoms with Gasteiger partial charge in [0, 0.05) is 39.2 Å². The number of hydrogen-bond donors (Lipinski definition) is 1. The standard InChI is InChI=1S/C17H30N4O3.HI/c1-13(2)16-9-15(24-20-16)10-19-17(18-3)21-6-5-14(11-21)12-23-8-7-22-4;/h9,13-14H,5-8,10-12H2,1-4H3,(H,18,19);1H. The van der Waals surface area contributed by atoms with Gasteiger partial charge in [-0.15, -0.1) is 24.0 Å². The molecule has 0 aromatic carbocycles. The van der Waals surface area contributed by atoms with E-state index >= 15 is 0 Å². The topological polar surface area (TPSA) is 72.1 Å². The van der Waals surface area contributed by atoms with Crippen LogP contribution in [-0.4, -0.2) is 63.1 Å². The fourth-order valence-corrected chi connectivity index (χ4v) is 2.74. The number of ether oxygens (including phenoxy) is 2. The van der Waals surface area contributed by atoms with E-state index in [1.165, 1.54) is 0 Å². The maximum absolute atomic E-state index is 5.64. The van der Waals surface area contributed by atoms with Gasteiger partial charge in [-0.1, -0.05) is 19.0 Å². The van der Waals surface area contributed by atoms with Gasteiger partial charge < -0.3 is 24.2 Å². The number of aliphatic imine (C=N–C) groups is 1. The van der Waals surface area contributed by atoms with Crippen LogP contribution in [0.25, 0.3) is 0 Å². The third-order valence-electron chi connectivity index (χ3n) is 4.17. The summed E-state index contributed by atoms with van der Waals surface area (Å²) >= 11 is 0. The van der Waals surface area contributed by atoms with Gasteiger partial charge >= 0.3 is 0 Å². The minimum atomic E-state index is 0. The van der Waals surface area contributed by atoms with Gasteiger partial charge in [-0.25, -0.2) is 0 Å². The summed E-state index contributed by atoms with van der Waals surface area (Å²) in [6, 6.07) is 2.00. The van der Waals surface area contributed by atoms with Gasteiger partial charge in [-0.05, 0) is 12.3 Å². The minimum Gasteiger partial charge on any atom is -0.382 e. The maximum atomic E-state index is 5.64. The number of rotatable bonds is 8. The van der Waals surface area contributed by atoms with E-state index in [9.17, 15) is 0 Å². The molecule has 8 heteroatoms. The number of halogens is 1. The van der Waals surface area contributed by atoms with Gasteiger partial charge in [0.2, 0.25) is 0 Å². The lowest BCUT2D eigenvalue weighted by atomic mass is 10.1. The molecule has 0 amide bonds. The lowest BCUT2D eigenvalue weighted by molar-refractivity contribution is 0.0536. The predicted octanol–water partition coefficient (Wildman–Crippen LogP) is 2.48. The molecule has 144 valence electrons. The van der Waals surface area contributed by atoms with E-state index in [-0.39, 0.29) is 24.0 Å². The molecule has 1 aliphatic rings. The highest BCUT2D eigenvalue weighted by Crippen LogP contribution is 2.17. The second-order valence-electron chi connectivity index (χ2n) is 6.44. The monoisotopic (exact) mass is 466 g/mol. The Morgan fingerprint density at radius 3 is 2.92 bits per heavy atom. The number of hydrogen-bond acceptors (Lipinski definition) is 5. The summed E-state index contributed by atoms with van der Waals surface area (Å²) in [5.41, 5.74) is 0.983. The Kier molecular flexibility index (Phi) is 10.4. The molecular weight excluding hydrogens is 435 g/mol. The van der Waals surface area contributed by atoms with Crippen LogP contribution in [0.3, 0.4) is 0 Å². The number of aromatic nitrogens is 1. The van der Waals surface area contributed by atoms with Gasteiger partial charge in [-0.3, -0.25) is 4.99 Å². The van der Waals surface area contributed by atoms with Crippen LogP contribution in [0.4, 0.5) is 0 Å². The molecule has 1 fully saturated rings. The highest BCUT2D eigenvalue weighted by Gasteiger charge is 2.25. The van der Waals surface area contributed by atoms with Gasteiger partial charge in [0.15, 0.2) is 11.7 Å². The van der Waals surface area contributed by atoms with Gasteiger partial charge in [0.05, 0.1) is 32.1 Å². The summed E-state index contributed by atoms with van der Waals surface area (Å²) in [7, 11) is 3.50. The number of nitrogens with zero attached hydrogens (tertiary/aromatic N) is 3. The molecule has 1 aromatic rings. The van der Waals surface area contributed by atoms with E-state index in [0.717, 1.165) is 43.5 Å². The molecule has 1 atom stereocenters. The molecule has 2 heterocycles. The van der Waals surface area contributed by atoms with Crippen LogP contribution in [-0.2, 0) is 16.0 Å². The molecule has 1 unspecified atom stereocenters. The molecule has 0 aliphatic carbocycles. The molecule has 1 aromatic heterocycles. The molecule has 1 saturated heterocycles. The zero-order chi connectivity index (χ0) is 17.4. The van der Waals surface area contributed by atoms with Crippen LogP contribution in [0.1, 0.15) is 37.6 Å². The van der Waals surface area contributed by atoms with Crippen molar-refractivity contribution in [3.05, 3.63) is 17.5 Å². The van der Waals surface area contributed by atoms with Crippen LogP contribution >= 0.6 is 24.0 Å². The van der Waals surface area contributed by atoms with E-state index < -0.39 is 0 Å². The van der Waals surface area contributed by atoms with E-state index in [0.29, 0.717) is 31.6 Å². The molecule has 0 radical (unpaired) electrons. The van der Waals surface area contributed by atoms with Gasteiger partial charge in [0.1, 0.15) is 0 Å². The second-order valence-corrected chi connectivity index (χ2v) is 6.44. The summed E-state index contributed by atoms with van der Waals surface area (Å²) < 4.78 is 16.0. The minimum absolute atomic E-state index is 0. The Morgan fingerprint density at radius 1 is 1.48 bits per heavy atom. The van der Waals surface area contributed by atoms with Crippen molar-refractivity contribution in [1.82, 2.24) is 15.4 Å². The fourth-order valence-electron chi connectivity index (χ4n) is 2.74. The molecule has 1 N–H and O–H groups in total. The first-order valence-electron chi connectivity index (χ1n) is 8.61. The van der Waals surface area contributed by atoms with Crippen LogP contribution in [0, 0.1) is 5.92 Å². The van der Waals surface area contributed by atoms with Crippen molar-refractivity contribution in [1.29, 1.82) is 0 Å². The first-order valence-corrected chi connectivity index (χ1v) is 8.61. The highest BCUT2D eigenvalue weighted by molar-refractivity contribution is 14.0. The molecule has 2 rings (SSSR count). The van der Waals surface area contributed by atoms with Crippen LogP contribution in [0.15, 0.2) is 15.6 Å². The number of guanidine groups is 1. The Labute approximate surface area is 167 Å². The Hall–Kier alpha value is -0.870. The second kappa shape index (κ2) is 11.7. The van der Waals surface area contributed by atoms with Crippen molar-refractivity contribution in [3.8, 4) is 0 Å². The Morgan fingerprint density at radius 2 is 2.28 bits per heavy atom. The smallest absolute Gasteiger partial charge is 0.194 e. The Balaban J connectivity index is 0.00000312. The highest BCUT2D eigenvalue weighted by atomic mass is 127. The molecule has 0 saturated carbocycles. The molecule has 25 heavy (non-hydrogen) atoms. The SMILES string of the molecule is CN=C(NCc1cc(C(C)C)no1)N1CCC(COCCOC)C1.I. The van der Waals surface area contributed by atoms with Crippen LogP contribution in [0.2, 0.25) is 0 Å². The van der Waals surface area contributed by atoms with Crippen LogP contribution in [0.5, 0.6) is 0 Å². The van der Waals surface area contributed by atoms with Crippen molar-refractivity contribution in [2.45, 2.75) is 32.7 Å².